The van der Waals surface area contributed by atoms with E-state index < -0.39 is 38.5 Å². The molecule has 1 unspecified atom stereocenters. The van der Waals surface area contributed by atoms with E-state index in [0.29, 0.717) is 18.2 Å². The van der Waals surface area contributed by atoms with Gasteiger partial charge in [-0.05, 0) is 31.2 Å². The fraction of sp³-hybridized carbons (Fsp3) is 0.143. The van der Waals surface area contributed by atoms with Gasteiger partial charge in [-0.25, -0.2) is 26.5 Å². The Hall–Kier alpha value is -2.55. The van der Waals surface area contributed by atoms with Crippen molar-refractivity contribution in [1.29, 1.82) is 0 Å². The van der Waals surface area contributed by atoms with Crippen LogP contribution in [0, 0.1) is 11.6 Å². The molecule has 0 fully saturated rings. The SMILES string of the molecule is CC1C(=O)Nc2cccnc2N1S(=O)(=O)c1cc(F)cc(F)c1. The Bertz CT molecular complexity index is 882. The molecule has 23 heavy (non-hydrogen) atoms. The second kappa shape index (κ2) is 5.27. The number of fused-ring (bicyclic) bond motifs is 1. The molecule has 6 nitrogen and oxygen atoms in total. The van der Waals surface area contributed by atoms with Crippen LogP contribution < -0.4 is 9.62 Å². The number of rotatable bonds is 2. The molecule has 0 saturated carbocycles. The number of benzene rings is 1. The van der Waals surface area contributed by atoms with Gasteiger partial charge in [-0.15, -0.1) is 0 Å². The average molecular weight is 339 g/mol. The van der Waals surface area contributed by atoms with Crippen LogP contribution in [-0.2, 0) is 14.8 Å². The Labute approximate surface area is 130 Å². The fourth-order valence-electron chi connectivity index (χ4n) is 2.31. The normalized spacial score (nSPS) is 17.6. The average Bonchev–Trinajstić information content (AvgIpc) is 2.47. The van der Waals surface area contributed by atoms with Crippen LogP contribution in [0.5, 0.6) is 0 Å². The monoisotopic (exact) mass is 339 g/mol. The number of anilines is 2. The zero-order valence-electron chi connectivity index (χ0n) is 11.8. The third-order valence-corrected chi connectivity index (χ3v) is 5.22. The number of amides is 1. The summed E-state index contributed by atoms with van der Waals surface area (Å²) in [5, 5.41) is 2.53. The second-order valence-electron chi connectivity index (χ2n) is 4.95. The third-order valence-electron chi connectivity index (χ3n) is 3.38. The molecule has 1 aliphatic rings. The Balaban J connectivity index is 2.21. The predicted molar refractivity (Wildman–Crippen MR) is 78.4 cm³/mol. The molecule has 0 saturated heterocycles. The van der Waals surface area contributed by atoms with Gasteiger partial charge < -0.3 is 5.32 Å². The van der Waals surface area contributed by atoms with Crippen LogP contribution >= 0.6 is 0 Å². The summed E-state index contributed by atoms with van der Waals surface area (Å²) in [6, 6.07) is 3.86. The molecule has 1 N–H and O–H groups in total. The summed E-state index contributed by atoms with van der Waals surface area (Å²) in [5.74, 6) is -2.63. The van der Waals surface area contributed by atoms with Crippen molar-refractivity contribution in [3.8, 4) is 0 Å². The maximum Gasteiger partial charge on any atom is 0.266 e. The molecule has 9 heteroatoms. The zero-order valence-corrected chi connectivity index (χ0v) is 12.6. The van der Waals surface area contributed by atoms with Crippen molar-refractivity contribution < 1.29 is 22.0 Å². The highest BCUT2D eigenvalue weighted by Gasteiger charge is 2.39. The van der Waals surface area contributed by atoms with E-state index in [2.05, 4.69) is 10.3 Å². The highest BCUT2D eigenvalue weighted by atomic mass is 32.2. The molecule has 1 aromatic heterocycles. The van der Waals surface area contributed by atoms with Gasteiger partial charge in [-0.1, -0.05) is 0 Å². The van der Waals surface area contributed by atoms with Crippen LogP contribution in [0.2, 0.25) is 0 Å². The lowest BCUT2D eigenvalue weighted by Gasteiger charge is -2.33. The van der Waals surface area contributed by atoms with Crippen LogP contribution in [0.1, 0.15) is 6.92 Å². The first-order chi connectivity index (χ1) is 10.8. The number of aromatic nitrogens is 1. The number of hydrogen-bond donors (Lipinski definition) is 1. The van der Waals surface area contributed by atoms with Gasteiger partial charge in [0.1, 0.15) is 17.7 Å². The zero-order chi connectivity index (χ0) is 16.8. The van der Waals surface area contributed by atoms with Gasteiger partial charge in [-0.2, -0.15) is 0 Å². The van der Waals surface area contributed by atoms with E-state index in [4.69, 9.17) is 0 Å². The Kier molecular flexibility index (Phi) is 3.52. The van der Waals surface area contributed by atoms with Gasteiger partial charge in [0.05, 0.1) is 10.6 Å². The third kappa shape index (κ3) is 2.52. The molecule has 3 rings (SSSR count). The molecular formula is C14H11F2N3O3S. The molecule has 0 radical (unpaired) electrons. The molecular weight excluding hydrogens is 328 g/mol. The molecule has 2 aromatic rings. The van der Waals surface area contributed by atoms with Gasteiger partial charge in [0.15, 0.2) is 5.82 Å². The molecule has 1 amide bonds. The van der Waals surface area contributed by atoms with E-state index in [1.54, 1.807) is 0 Å². The highest BCUT2D eigenvalue weighted by molar-refractivity contribution is 7.93. The summed E-state index contributed by atoms with van der Waals surface area (Å²) in [7, 11) is -4.37. The van der Waals surface area contributed by atoms with Crippen LogP contribution in [0.3, 0.4) is 0 Å². The van der Waals surface area contributed by atoms with E-state index in [9.17, 15) is 22.0 Å². The number of halogens is 2. The molecule has 120 valence electrons. The molecule has 0 bridgehead atoms. The van der Waals surface area contributed by atoms with E-state index in [1.807, 2.05) is 0 Å². The summed E-state index contributed by atoms with van der Waals surface area (Å²) >= 11 is 0. The lowest BCUT2D eigenvalue weighted by molar-refractivity contribution is -0.117. The Morgan fingerprint density at radius 1 is 1.22 bits per heavy atom. The summed E-state index contributed by atoms with van der Waals surface area (Å²) in [5.41, 5.74) is 0.205. The van der Waals surface area contributed by atoms with Gasteiger partial charge in [-0.3, -0.25) is 4.79 Å². The molecule has 0 aliphatic carbocycles. The van der Waals surface area contributed by atoms with Crippen molar-refractivity contribution in [1.82, 2.24) is 4.98 Å². The van der Waals surface area contributed by atoms with Gasteiger partial charge in [0, 0.05) is 12.3 Å². The quantitative estimate of drug-likeness (QED) is 0.906. The lowest BCUT2D eigenvalue weighted by Crippen LogP contribution is -2.49. The molecule has 0 spiro atoms. The van der Waals surface area contributed by atoms with Crippen LogP contribution in [0.4, 0.5) is 20.3 Å². The van der Waals surface area contributed by atoms with Crippen LogP contribution in [0.15, 0.2) is 41.4 Å². The number of carbonyl (C=O) groups is 1. The number of carbonyl (C=O) groups excluding carboxylic acids is 1. The number of hydrogen-bond acceptors (Lipinski definition) is 4. The first-order valence-corrected chi connectivity index (χ1v) is 8.01. The van der Waals surface area contributed by atoms with Crippen molar-refractivity contribution >= 4 is 27.4 Å². The largest absolute Gasteiger partial charge is 0.321 e. The maximum atomic E-state index is 13.4. The Morgan fingerprint density at radius 3 is 2.52 bits per heavy atom. The number of pyridine rings is 1. The van der Waals surface area contributed by atoms with Crippen LogP contribution in [0.25, 0.3) is 0 Å². The van der Waals surface area contributed by atoms with Crippen molar-refractivity contribution in [2.45, 2.75) is 17.9 Å². The summed E-state index contributed by atoms with van der Waals surface area (Å²) in [6.07, 6.45) is 1.36. The lowest BCUT2D eigenvalue weighted by atomic mass is 10.2. The van der Waals surface area contributed by atoms with Gasteiger partial charge in [0.25, 0.3) is 10.0 Å². The summed E-state index contributed by atoms with van der Waals surface area (Å²) in [6.45, 7) is 1.36. The number of sulfonamides is 1. The molecule has 1 aliphatic heterocycles. The van der Waals surface area contributed by atoms with E-state index in [0.717, 1.165) is 4.31 Å². The second-order valence-corrected chi connectivity index (χ2v) is 6.76. The highest BCUT2D eigenvalue weighted by Crippen LogP contribution is 2.34. The van der Waals surface area contributed by atoms with Gasteiger partial charge >= 0.3 is 0 Å². The minimum absolute atomic E-state index is 0.00994. The summed E-state index contributed by atoms with van der Waals surface area (Å²) in [4.78, 5) is 15.4. The van der Waals surface area contributed by atoms with Crippen LogP contribution in [-0.4, -0.2) is 25.4 Å². The van der Waals surface area contributed by atoms with Gasteiger partial charge in [0.2, 0.25) is 5.91 Å². The van der Waals surface area contributed by atoms with Crippen molar-refractivity contribution in [2.75, 3.05) is 9.62 Å². The molecule has 1 aromatic carbocycles. The minimum Gasteiger partial charge on any atom is -0.321 e. The maximum absolute atomic E-state index is 13.4. The Morgan fingerprint density at radius 2 is 1.87 bits per heavy atom. The smallest absolute Gasteiger partial charge is 0.266 e. The van der Waals surface area contributed by atoms with E-state index in [1.165, 1.54) is 25.3 Å². The van der Waals surface area contributed by atoms with E-state index >= 15 is 0 Å². The standard InChI is InChI=1S/C14H11F2N3O3S/c1-8-14(20)18-12-3-2-4-17-13(12)19(8)23(21,22)11-6-9(15)5-10(16)7-11/h2-8H,1H3,(H,18,20). The topological polar surface area (TPSA) is 79.4 Å². The van der Waals surface area contributed by atoms with Crippen molar-refractivity contribution in [3.63, 3.8) is 0 Å². The minimum atomic E-state index is -4.37. The molecule has 1 atom stereocenters. The van der Waals surface area contributed by atoms with Crippen molar-refractivity contribution in [2.24, 2.45) is 0 Å². The number of nitrogens with zero attached hydrogens (tertiary/aromatic N) is 2. The van der Waals surface area contributed by atoms with Crippen molar-refractivity contribution in [3.05, 3.63) is 48.2 Å². The predicted octanol–water partition coefficient (Wildman–Crippen LogP) is 1.90. The molecule has 2 heterocycles. The first-order valence-electron chi connectivity index (χ1n) is 6.57. The fourth-order valence-corrected chi connectivity index (χ4v) is 3.95. The summed E-state index contributed by atoms with van der Waals surface area (Å²) < 4.78 is 53.1. The first kappa shape index (κ1) is 15.3. The van der Waals surface area contributed by atoms with E-state index in [-0.39, 0.29) is 11.5 Å². The number of nitrogens with one attached hydrogen (secondary N) is 1.